The molecule has 0 aromatic carbocycles. The molecule has 1 aliphatic rings. The fourth-order valence-corrected chi connectivity index (χ4v) is 3.32. The largest absolute Gasteiger partial charge is 0.383 e. The summed E-state index contributed by atoms with van der Waals surface area (Å²) in [5.41, 5.74) is 3.22. The molecule has 3 heterocycles. The summed E-state index contributed by atoms with van der Waals surface area (Å²) in [5, 5.41) is 3.99. The Hall–Kier alpha value is -1.96. The summed E-state index contributed by atoms with van der Waals surface area (Å²) in [6.07, 6.45) is 3.27. The molecule has 0 N–H and O–H groups in total. The summed E-state index contributed by atoms with van der Waals surface area (Å²) in [6.45, 7) is 8.88. The highest BCUT2D eigenvalue weighted by molar-refractivity contribution is 5.38. The molecule has 0 spiro atoms. The van der Waals surface area contributed by atoms with Gasteiger partial charge in [-0.25, -0.2) is 4.98 Å². The number of methoxy groups -OCH3 is 1. The minimum atomic E-state index is 0.256. The van der Waals surface area contributed by atoms with E-state index in [-0.39, 0.29) is 6.10 Å². The van der Waals surface area contributed by atoms with Crippen LogP contribution in [0.15, 0.2) is 22.9 Å². The molecule has 2 aromatic rings. The SMILES string of the molecule is COCCN(C)c1ccc(CN2CCC(OCc3c(C)noc3C)C2)cn1. The average Bonchev–Trinajstić information content (AvgIpc) is 3.25. The van der Waals surface area contributed by atoms with E-state index in [1.165, 1.54) is 5.56 Å². The summed E-state index contributed by atoms with van der Waals surface area (Å²) in [5.74, 6) is 1.82. The van der Waals surface area contributed by atoms with Crippen molar-refractivity contribution in [2.45, 2.75) is 39.5 Å². The second-order valence-corrected chi connectivity index (χ2v) is 7.20. The maximum Gasteiger partial charge on any atom is 0.139 e. The number of aryl methyl sites for hydroxylation is 2. The van der Waals surface area contributed by atoms with Crippen LogP contribution >= 0.6 is 0 Å². The van der Waals surface area contributed by atoms with Crippen LogP contribution < -0.4 is 4.90 Å². The normalized spacial score (nSPS) is 17.6. The standard InChI is InChI=1S/C20H30N4O3/c1-15-19(16(2)27-22-15)14-26-18-7-8-24(13-18)12-17-5-6-20(21-11-17)23(3)9-10-25-4/h5-6,11,18H,7-10,12-14H2,1-4H3. The smallest absolute Gasteiger partial charge is 0.139 e. The molecule has 0 radical (unpaired) electrons. The van der Waals surface area contributed by atoms with E-state index in [1.807, 2.05) is 27.1 Å². The molecule has 0 amide bonds. The van der Waals surface area contributed by atoms with Crippen molar-refractivity contribution >= 4 is 5.82 Å². The Bertz CT molecular complexity index is 697. The van der Waals surface area contributed by atoms with Gasteiger partial charge in [-0.15, -0.1) is 0 Å². The first kappa shape index (κ1) is 19.8. The first-order chi connectivity index (χ1) is 13.1. The van der Waals surface area contributed by atoms with E-state index in [0.717, 1.165) is 55.4 Å². The number of aromatic nitrogens is 2. The molecule has 7 nitrogen and oxygen atoms in total. The zero-order valence-corrected chi connectivity index (χ0v) is 16.8. The molecule has 3 rings (SSSR count). The second kappa shape index (κ2) is 9.30. The molecular formula is C20H30N4O3. The van der Waals surface area contributed by atoms with E-state index >= 15 is 0 Å². The van der Waals surface area contributed by atoms with Crippen LogP contribution in [0, 0.1) is 13.8 Å². The number of rotatable bonds is 9. The number of hydrogen-bond acceptors (Lipinski definition) is 7. The van der Waals surface area contributed by atoms with Gasteiger partial charge >= 0.3 is 0 Å². The van der Waals surface area contributed by atoms with E-state index in [2.05, 4.69) is 32.1 Å². The van der Waals surface area contributed by atoms with Crippen LogP contribution in [-0.2, 0) is 22.6 Å². The minimum absolute atomic E-state index is 0.256. The van der Waals surface area contributed by atoms with E-state index < -0.39 is 0 Å². The number of likely N-dealkylation sites (tertiary alicyclic amines) is 1. The Labute approximate surface area is 161 Å². The highest BCUT2D eigenvalue weighted by atomic mass is 16.5. The number of pyridine rings is 1. The lowest BCUT2D eigenvalue weighted by molar-refractivity contribution is 0.0453. The lowest BCUT2D eigenvalue weighted by atomic mass is 10.2. The van der Waals surface area contributed by atoms with Gasteiger partial charge in [0.05, 0.1) is 25.0 Å². The zero-order valence-electron chi connectivity index (χ0n) is 16.8. The van der Waals surface area contributed by atoms with Gasteiger partial charge in [-0.3, -0.25) is 4.90 Å². The predicted octanol–water partition coefficient (Wildman–Crippen LogP) is 2.56. The van der Waals surface area contributed by atoms with Crippen LogP contribution in [-0.4, -0.2) is 61.5 Å². The lowest BCUT2D eigenvalue weighted by Gasteiger charge is -2.19. The fraction of sp³-hybridized carbons (Fsp3) is 0.600. The molecule has 0 saturated carbocycles. The van der Waals surface area contributed by atoms with Gasteiger partial charge < -0.3 is 18.9 Å². The van der Waals surface area contributed by atoms with Gasteiger partial charge in [0.15, 0.2) is 0 Å². The predicted molar refractivity (Wildman–Crippen MR) is 104 cm³/mol. The van der Waals surface area contributed by atoms with Crippen LogP contribution in [0.1, 0.15) is 29.0 Å². The molecule has 1 atom stereocenters. The van der Waals surface area contributed by atoms with Gasteiger partial charge in [-0.2, -0.15) is 0 Å². The molecule has 7 heteroatoms. The van der Waals surface area contributed by atoms with E-state index in [4.69, 9.17) is 14.0 Å². The molecule has 27 heavy (non-hydrogen) atoms. The Kier molecular flexibility index (Phi) is 6.82. The summed E-state index contributed by atoms with van der Waals surface area (Å²) in [6, 6.07) is 4.23. The van der Waals surface area contributed by atoms with Gasteiger partial charge in [-0.05, 0) is 31.9 Å². The zero-order chi connectivity index (χ0) is 19.2. The highest BCUT2D eigenvalue weighted by Gasteiger charge is 2.24. The monoisotopic (exact) mass is 374 g/mol. The maximum absolute atomic E-state index is 6.09. The van der Waals surface area contributed by atoms with Gasteiger partial charge in [0.25, 0.3) is 0 Å². The minimum Gasteiger partial charge on any atom is -0.383 e. The van der Waals surface area contributed by atoms with Crippen LogP contribution in [0.2, 0.25) is 0 Å². The number of anilines is 1. The Morgan fingerprint density at radius 2 is 2.19 bits per heavy atom. The van der Waals surface area contributed by atoms with Crippen molar-refractivity contribution in [3.8, 4) is 0 Å². The number of hydrogen-bond donors (Lipinski definition) is 0. The topological polar surface area (TPSA) is 63.9 Å². The third-order valence-corrected chi connectivity index (χ3v) is 5.11. The molecule has 148 valence electrons. The summed E-state index contributed by atoms with van der Waals surface area (Å²) in [4.78, 5) is 9.10. The van der Waals surface area contributed by atoms with Crippen LogP contribution in [0.25, 0.3) is 0 Å². The van der Waals surface area contributed by atoms with Gasteiger partial charge in [0.1, 0.15) is 11.6 Å². The fourth-order valence-electron chi connectivity index (χ4n) is 3.32. The molecular weight excluding hydrogens is 344 g/mol. The van der Waals surface area contributed by atoms with Crippen LogP contribution in [0.4, 0.5) is 5.82 Å². The molecule has 0 aliphatic carbocycles. The van der Waals surface area contributed by atoms with Crippen molar-refractivity contribution in [1.82, 2.24) is 15.0 Å². The van der Waals surface area contributed by atoms with Gasteiger partial charge in [0, 0.05) is 52.1 Å². The molecule has 2 aromatic heterocycles. The Morgan fingerprint density at radius 1 is 1.33 bits per heavy atom. The Morgan fingerprint density at radius 3 is 2.85 bits per heavy atom. The van der Waals surface area contributed by atoms with E-state index in [9.17, 15) is 0 Å². The number of likely N-dealkylation sites (N-methyl/N-ethyl adjacent to an activating group) is 1. The highest BCUT2D eigenvalue weighted by Crippen LogP contribution is 2.20. The van der Waals surface area contributed by atoms with Crippen molar-refractivity contribution in [1.29, 1.82) is 0 Å². The van der Waals surface area contributed by atoms with E-state index in [0.29, 0.717) is 13.2 Å². The molecule has 1 unspecified atom stereocenters. The third-order valence-electron chi connectivity index (χ3n) is 5.11. The number of nitrogens with zero attached hydrogens (tertiary/aromatic N) is 4. The first-order valence-electron chi connectivity index (χ1n) is 9.47. The molecule has 1 fully saturated rings. The summed E-state index contributed by atoms with van der Waals surface area (Å²) < 4.78 is 16.4. The number of ether oxygens (including phenoxy) is 2. The average molecular weight is 374 g/mol. The van der Waals surface area contributed by atoms with Crippen molar-refractivity contribution in [3.05, 3.63) is 40.9 Å². The maximum atomic E-state index is 6.09. The second-order valence-electron chi connectivity index (χ2n) is 7.20. The van der Waals surface area contributed by atoms with Crippen molar-refractivity contribution < 1.29 is 14.0 Å². The Balaban J connectivity index is 1.45. The van der Waals surface area contributed by atoms with Crippen molar-refractivity contribution in [2.24, 2.45) is 0 Å². The third kappa shape index (κ3) is 5.28. The van der Waals surface area contributed by atoms with Crippen molar-refractivity contribution in [2.75, 3.05) is 45.3 Å². The van der Waals surface area contributed by atoms with Gasteiger partial charge in [-0.1, -0.05) is 11.2 Å². The van der Waals surface area contributed by atoms with Crippen LogP contribution in [0.5, 0.6) is 0 Å². The molecule has 1 aliphatic heterocycles. The van der Waals surface area contributed by atoms with Crippen LogP contribution in [0.3, 0.4) is 0 Å². The lowest BCUT2D eigenvalue weighted by Crippen LogP contribution is -2.24. The van der Waals surface area contributed by atoms with Crippen molar-refractivity contribution in [3.63, 3.8) is 0 Å². The van der Waals surface area contributed by atoms with E-state index in [1.54, 1.807) is 7.11 Å². The molecule has 0 bridgehead atoms. The molecule has 1 saturated heterocycles. The summed E-state index contributed by atoms with van der Waals surface area (Å²) in [7, 11) is 3.74. The summed E-state index contributed by atoms with van der Waals surface area (Å²) >= 11 is 0. The quantitative estimate of drug-likeness (QED) is 0.668. The van der Waals surface area contributed by atoms with Gasteiger partial charge in [0.2, 0.25) is 0 Å². The first-order valence-corrected chi connectivity index (χ1v) is 9.47.